The Balaban J connectivity index is 2.42. The molecule has 1 unspecified atom stereocenters. The zero-order chi connectivity index (χ0) is 12.3. The molecule has 1 aromatic heterocycles. The predicted molar refractivity (Wildman–Crippen MR) is 72.7 cm³/mol. The third-order valence-corrected chi connectivity index (χ3v) is 4.33. The number of rotatable bonds is 4. The van der Waals surface area contributed by atoms with Crippen molar-refractivity contribution in [1.29, 1.82) is 0 Å². The summed E-state index contributed by atoms with van der Waals surface area (Å²) in [6.45, 7) is 0. The van der Waals surface area contributed by atoms with Crippen LogP contribution < -0.4 is 4.74 Å². The standard InChI is InChI=1S/C12H10BrNO2S/c1-16-9-4-2-3-8(7-9)11(14-15)12-10(13)5-6-17-12/h2-7,11H,1H3. The number of nitrogens with zero attached hydrogens (tertiary/aromatic N) is 1. The van der Waals surface area contributed by atoms with E-state index in [9.17, 15) is 4.91 Å². The maximum atomic E-state index is 11.1. The Bertz CT molecular complexity index is 527. The summed E-state index contributed by atoms with van der Waals surface area (Å²) in [5.41, 5.74) is 0.836. The van der Waals surface area contributed by atoms with E-state index in [2.05, 4.69) is 21.1 Å². The first-order chi connectivity index (χ1) is 8.26. The highest BCUT2D eigenvalue weighted by Gasteiger charge is 2.19. The molecule has 0 aliphatic carbocycles. The Labute approximate surface area is 112 Å². The fraction of sp³-hybridized carbons (Fsp3) is 0.167. The van der Waals surface area contributed by atoms with Crippen LogP contribution in [0.1, 0.15) is 16.5 Å². The lowest BCUT2D eigenvalue weighted by atomic mass is 10.1. The topological polar surface area (TPSA) is 38.7 Å². The van der Waals surface area contributed by atoms with Crippen LogP contribution in [0.2, 0.25) is 0 Å². The summed E-state index contributed by atoms with van der Waals surface area (Å²) in [7, 11) is 1.60. The van der Waals surface area contributed by atoms with Gasteiger partial charge in [-0.1, -0.05) is 17.3 Å². The van der Waals surface area contributed by atoms with Crippen molar-refractivity contribution < 1.29 is 4.74 Å². The van der Waals surface area contributed by atoms with Crippen LogP contribution in [-0.2, 0) is 0 Å². The van der Waals surface area contributed by atoms with Crippen LogP contribution in [0.5, 0.6) is 5.75 Å². The summed E-state index contributed by atoms with van der Waals surface area (Å²) in [6, 6.07) is 8.83. The van der Waals surface area contributed by atoms with Crippen molar-refractivity contribution in [2.24, 2.45) is 5.18 Å². The Kier molecular flexibility index (Phi) is 3.91. The Hall–Kier alpha value is -1.20. The number of methoxy groups -OCH3 is 1. The molecule has 1 aromatic carbocycles. The molecule has 2 aromatic rings. The van der Waals surface area contributed by atoms with Crippen LogP contribution >= 0.6 is 27.3 Å². The number of ether oxygens (including phenoxy) is 1. The van der Waals surface area contributed by atoms with Crippen LogP contribution in [-0.4, -0.2) is 7.11 Å². The van der Waals surface area contributed by atoms with Crippen molar-refractivity contribution in [2.75, 3.05) is 7.11 Å². The van der Waals surface area contributed by atoms with Crippen LogP contribution in [0.3, 0.4) is 0 Å². The predicted octanol–water partition coefficient (Wildman–Crippen LogP) is 4.38. The average Bonchev–Trinajstić information content (AvgIpc) is 2.77. The fourth-order valence-electron chi connectivity index (χ4n) is 1.57. The number of hydrogen-bond donors (Lipinski definition) is 0. The molecule has 0 bridgehead atoms. The lowest BCUT2D eigenvalue weighted by Gasteiger charge is -2.09. The first-order valence-electron chi connectivity index (χ1n) is 4.95. The molecule has 0 saturated carbocycles. The van der Waals surface area contributed by atoms with Gasteiger partial charge in [0.05, 0.1) is 12.0 Å². The van der Waals surface area contributed by atoms with E-state index in [-0.39, 0.29) is 0 Å². The van der Waals surface area contributed by atoms with Gasteiger partial charge >= 0.3 is 0 Å². The van der Waals surface area contributed by atoms with E-state index in [1.807, 2.05) is 35.7 Å². The van der Waals surface area contributed by atoms with Crippen molar-refractivity contribution >= 4 is 27.3 Å². The summed E-state index contributed by atoms with van der Waals surface area (Å²) < 4.78 is 6.06. The largest absolute Gasteiger partial charge is 0.497 e. The minimum absolute atomic E-state index is 0.487. The molecule has 0 amide bonds. The van der Waals surface area contributed by atoms with E-state index in [1.54, 1.807) is 7.11 Å². The molecule has 0 N–H and O–H groups in total. The summed E-state index contributed by atoms with van der Waals surface area (Å²) in [5, 5.41) is 5.14. The van der Waals surface area contributed by atoms with Gasteiger partial charge in [-0.25, -0.2) is 0 Å². The molecular formula is C12H10BrNO2S. The van der Waals surface area contributed by atoms with Crippen molar-refractivity contribution in [1.82, 2.24) is 0 Å². The van der Waals surface area contributed by atoms with Gasteiger partial charge in [0, 0.05) is 4.47 Å². The van der Waals surface area contributed by atoms with Crippen molar-refractivity contribution in [3.8, 4) is 5.75 Å². The zero-order valence-electron chi connectivity index (χ0n) is 9.09. The molecule has 5 heteroatoms. The van der Waals surface area contributed by atoms with E-state index in [4.69, 9.17) is 4.74 Å². The summed E-state index contributed by atoms with van der Waals surface area (Å²) in [4.78, 5) is 12.0. The van der Waals surface area contributed by atoms with Crippen molar-refractivity contribution in [2.45, 2.75) is 6.04 Å². The van der Waals surface area contributed by atoms with E-state index in [0.717, 1.165) is 20.7 Å². The van der Waals surface area contributed by atoms with Gasteiger partial charge in [0.1, 0.15) is 5.75 Å². The molecule has 1 atom stereocenters. The van der Waals surface area contributed by atoms with Gasteiger partial charge < -0.3 is 4.74 Å². The molecule has 1 heterocycles. The minimum atomic E-state index is -0.487. The smallest absolute Gasteiger partial charge is 0.152 e. The Morgan fingerprint density at radius 1 is 1.41 bits per heavy atom. The highest BCUT2D eigenvalue weighted by Crippen LogP contribution is 2.36. The lowest BCUT2D eigenvalue weighted by molar-refractivity contribution is 0.414. The molecule has 0 aliphatic rings. The Morgan fingerprint density at radius 2 is 2.24 bits per heavy atom. The third kappa shape index (κ3) is 2.56. The van der Waals surface area contributed by atoms with Gasteiger partial charge in [0.2, 0.25) is 0 Å². The highest BCUT2D eigenvalue weighted by molar-refractivity contribution is 9.10. The lowest BCUT2D eigenvalue weighted by Crippen LogP contribution is -1.96. The van der Waals surface area contributed by atoms with E-state index in [0.29, 0.717) is 0 Å². The molecule has 0 aliphatic heterocycles. The highest BCUT2D eigenvalue weighted by atomic mass is 79.9. The minimum Gasteiger partial charge on any atom is -0.497 e. The fourth-order valence-corrected chi connectivity index (χ4v) is 3.22. The van der Waals surface area contributed by atoms with E-state index >= 15 is 0 Å². The van der Waals surface area contributed by atoms with Gasteiger partial charge in [-0.2, -0.15) is 0 Å². The van der Waals surface area contributed by atoms with Gasteiger partial charge in [-0.15, -0.1) is 16.2 Å². The molecule has 0 fully saturated rings. The average molecular weight is 312 g/mol. The first-order valence-corrected chi connectivity index (χ1v) is 6.63. The SMILES string of the molecule is COc1cccc(C(N=O)c2sccc2Br)c1. The maximum Gasteiger partial charge on any atom is 0.152 e. The molecule has 0 radical (unpaired) electrons. The molecule has 17 heavy (non-hydrogen) atoms. The van der Waals surface area contributed by atoms with Gasteiger partial charge in [-0.3, -0.25) is 0 Å². The van der Waals surface area contributed by atoms with Gasteiger partial charge in [0.15, 0.2) is 6.04 Å². The maximum absolute atomic E-state index is 11.1. The second kappa shape index (κ2) is 5.42. The first kappa shape index (κ1) is 12.3. The Morgan fingerprint density at radius 3 is 2.82 bits per heavy atom. The molecule has 88 valence electrons. The molecule has 0 spiro atoms. The van der Waals surface area contributed by atoms with Crippen molar-refractivity contribution in [3.05, 3.63) is 55.5 Å². The second-order valence-corrected chi connectivity index (χ2v) is 5.22. The molecule has 3 nitrogen and oxygen atoms in total. The van der Waals surface area contributed by atoms with Crippen molar-refractivity contribution in [3.63, 3.8) is 0 Å². The quantitative estimate of drug-likeness (QED) is 0.786. The normalized spacial score (nSPS) is 12.1. The number of benzene rings is 1. The van der Waals surface area contributed by atoms with Gasteiger partial charge in [0.25, 0.3) is 0 Å². The molecule has 0 saturated heterocycles. The van der Waals surface area contributed by atoms with Crippen LogP contribution in [0.4, 0.5) is 0 Å². The van der Waals surface area contributed by atoms with Crippen LogP contribution in [0.25, 0.3) is 0 Å². The molecular weight excluding hydrogens is 302 g/mol. The second-order valence-electron chi connectivity index (χ2n) is 3.42. The summed E-state index contributed by atoms with van der Waals surface area (Å²) in [5.74, 6) is 0.726. The van der Waals surface area contributed by atoms with E-state index < -0.39 is 6.04 Å². The van der Waals surface area contributed by atoms with E-state index in [1.165, 1.54) is 11.3 Å². The monoisotopic (exact) mass is 311 g/mol. The number of thiophene rings is 1. The summed E-state index contributed by atoms with van der Waals surface area (Å²) >= 11 is 4.93. The summed E-state index contributed by atoms with van der Waals surface area (Å²) in [6.07, 6.45) is 0. The van der Waals surface area contributed by atoms with Crippen LogP contribution in [0.15, 0.2) is 45.4 Å². The number of nitroso groups, excluding NO2 is 1. The third-order valence-electron chi connectivity index (χ3n) is 2.41. The molecule has 2 rings (SSSR count). The zero-order valence-corrected chi connectivity index (χ0v) is 11.5. The number of hydrogen-bond acceptors (Lipinski definition) is 4. The number of halogens is 1. The van der Waals surface area contributed by atoms with Crippen LogP contribution in [0, 0.1) is 4.91 Å². The van der Waals surface area contributed by atoms with Gasteiger partial charge in [-0.05, 0) is 45.1 Å².